The zero-order valence-corrected chi connectivity index (χ0v) is 11.5. The van der Waals surface area contributed by atoms with Gasteiger partial charge < -0.3 is 10.6 Å². The molecule has 1 aliphatic heterocycles. The summed E-state index contributed by atoms with van der Waals surface area (Å²) >= 11 is 2.05. The molecule has 1 aliphatic rings. The van der Waals surface area contributed by atoms with Gasteiger partial charge in [0.15, 0.2) is 0 Å². The summed E-state index contributed by atoms with van der Waals surface area (Å²) in [6.45, 7) is 7.34. The van der Waals surface area contributed by atoms with Gasteiger partial charge in [-0.1, -0.05) is 13.0 Å². The summed E-state index contributed by atoms with van der Waals surface area (Å²) in [6.07, 6.45) is 2.89. The first-order valence-corrected chi connectivity index (χ1v) is 7.27. The topological polar surface area (TPSA) is 42.1 Å². The Hall–Kier alpha value is -0.740. The van der Waals surface area contributed by atoms with Crippen LogP contribution in [-0.4, -0.2) is 35.6 Å². The van der Waals surface area contributed by atoms with Crippen LogP contribution in [0, 0.1) is 6.92 Å². The minimum Gasteiger partial charge on any atom is -0.354 e. The lowest BCUT2D eigenvalue weighted by atomic mass is 10.1. The van der Waals surface area contributed by atoms with Crippen molar-refractivity contribution in [2.24, 2.45) is 5.73 Å². The van der Waals surface area contributed by atoms with Crippen molar-refractivity contribution in [1.29, 1.82) is 0 Å². The van der Waals surface area contributed by atoms with Crippen molar-refractivity contribution in [3.05, 3.63) is 23.4 Å². The number of rotatable bonds is 3. The number of thioether (sulfide) groups is 1. The maximum absolute atomic E-state index is 5.57. The second-order valence-electron chi connectivity index (χ2n) is 4.65. The molecule has 1 aromatic heterocycles. The molecule has 0 spiro atoms. The summed E-state index contributed by atoms with van der Waals surface area (Å²) in [6, 6.07) is 2.22. The van der Waals surface area contributed by atoms with Crippen LogP contribution in [0.3, 0.4) is 0 Å². The fraction of sp³-hybridized carbons (Fsp3) is 0.615. The van der Waals surface area contributed by atoms with Gasteiger partial charge in [-0.05, 0) is 31.0 Å². The second kappa shape index (κ2) is 5.74. The number of aryl methyl sites for hydroxylation is 1. The molecule has 1 fully saturated rings. The van der Waals surface area contributed by atoms with Crippen LogP contribution >= 0.6 is 11.8 Å². The molecule has 2 heterocycles. The highest BCUT2D eigenvalue weighted by Crippen LogP contribution is 2.25. The van der Waals surface area contributed by atoms with Gasteiger partial charge in [-0.2, -0.15) is 11.8 Å². The Labute approximate surface area is 108 Å². The van der Waals surface area contributed by atoms with Crippen LogP contribution in [0.25, 0.3) is 0 Å². The Kier molecular flexibility index (Phi) is 4.29. The summed E-state index contributed by atoms with van der Waals surface area (Å²) < 4.78 is 0. The quantitative estimate of drug-likeness (QED) is 0.890. The molecule has 0 saturated carbocycles. The molecular weight excluding hydrogens is 230 g/mol. The van der Waals surface area contributed by atoms with Crippen molar-refractivity contribution in [1.82, 2.24) is 4.98 Å². The summed E-state index contributed by atoms with van der Waals surface area (Å²) in [5.41, 5.74) is 8.09. The monoisotopic (exact) mass is 251 g/mol. The fourth-order valence-electron chi connectivity index (χ4n) is 2.27. The Morgan fingerprint density at radius 1 is 1.59 bits per heavy atom. The van der Waals surface area contributed by atoms with E-state index in [-0.39, 0.29) is 0 Å². The highest BCUT2D eigenvalue weighted by Gasteiger charge is 2.19. The molecule has 1 aromatic rings. The van der Waals surface area contributed by atoms with E-state index in [4.69, 9.17) is 5.73 Å². The van der Waals surface area contributed by atoms with Crippen LogP contribution in [-0.2, 0) is 6.42 Å². The number of pyridine rings is 1. The molecule has 4 heteroatoms. The van der Waals surface area contributed by atoms with E-state index >= 15 is 0 Å². The van der Waals surface area contributed by atoms with Crippen molar-refractivity contribution in [2.45, 2.75) is 25.5 Å². The summed E-state index contributed by atoms with van der Waals surface area (Å²) in [4.78, 5) is 7.02. The van der Waals surface area contributed by atoms with E-state index in [1.807, 2.05) is 18.0 Å². The molecule has 0 amide bonds. The van der Waals surface area contributed by atoms with E-state index in [1.54, 1.807) is 0 Å². The smallest absolute Gasteiger partial charge is 0.131 e. The zero-order chi connectivity index (χ0) is 12.3. The van der Waals surface area contributed by atoms with Gasteiger partial charge in [0.2, 0.25) is 0 Å². The molecule has 94 valence electrons. The SMILES string of the molecule is Cc1cc(CCN)cnc1N1CCSC(C)C1. The third-order valence-electron chi connectivity index (χ3n) is 3.08. The maximum atomic E-state index is 5.57. The lowest BCUT2D eigenvalue weighted by molar-refractivity contribution is 0.765. The van der Waals surface area contributed by atoms with Gasteiger partial charge in [0.05, 0.1) is 0 Å². The Bertz CT molecular complexity index is 381. The predicted molar refractivity (Wildman–Crippen MR) is 75.9 cm³/mol. The van der Waals surface area contributed by atoms with E-state index in [0.717, 1.165) is 25.3 Å². The van der Waals surface area contributed by atoms with E-state index in [2.05, 4.69) is 29.8 Å². The molecule has 1 atom stereocenters. The number of nitrogens with zero attached hydrogens (tertiary/aromatic N) is 2. The molecule has 3 nitrogen and oxygen atoms in total. The van der Waals surface area contributed by atoms with E-state index in [0.29, 0.717) is 11.8 Å². The summed E-state index contributed by atoms with van der Waals surface area (Å²) in [5.74, 6) is 2.35. The van der Waals surface area contributed by atoms with Gasteiger partial charge in [0.25, 0.3) is 0 Å². The second-order valence-corrected chi connectivity index (χ2v) is 6.20. The van der Waals surface area contributed by atoms with Gasteiger partial charge >= 0.3 is 0 Å². The number of anilines is 1. The van der Waals surface area contributed by atoms with Crippen LogP contribution in [0.2, 0.25) is 0 Å². The largest absolute Gasteiger partial charge is 0.354 e. The van der Waals surface area contributed by atoms with Gasteiger partial charge in [0, 0.05) is 30.3 Å². The minimum atomic E-state index is 0.692. The standard InChI is InChI=1S/C13H21N3S/c1-10-7-12(3-4-14)8-15-13(10)16-5-6-17-11(2)9-16/h7-8,11H,3-6,9,14H2,1-2H3. The molecule has 2 N–H and O–H groups in total. The normalized spacial score (nSPS) is 20.6. The molecular formula is C13H21N3S. The van der Waals surface area contributed by atoms with Gasteiger partial charge in [0.1, 0.15) is 5.82 Å². The molecule has 0 radical (unpaired) electrons. The van der Waals surface area contributed by atoms with Crippen LogP contribution in [0.15, 0.2) is 12.3 Å². The third kappa shape index (κ3) is 3.13. The van der Waals surface area contributed by atoms with Crippen molar-refractivity contribution in [3.63, 3.8) is 0 Å². The van der Waals surface area contributed by atoms with Crippen LogP contribution in [0.1, 0.15) is 18.1 Å². The summed E-state index contributed by atoms with van der Waals surface area (Å²) in [5, 5.41) is 0.702. The Balaban J connectivity index is 2.15. The Morgan fingerprint density at radius 3 is 3.06 bits per heavy atom. The minimum absolute atomic E-state index is 0.692. The van der Waals surface area contributed by atoms with Gasteiger partial charge in [-0.25, -0.2) is 4.98 Å². The van der Waals surface area contributed by atoms with Gasteiger partial charge in [-0.3, -0.25) is 0 Å². The number of hydrogen-bond acceptors (Lipinski definition) is 4. The molecule has 2 rings (SSSR count). The molecule has 1 unspecified atom stereocenters. The highest BCUT2D eigenvalue weighted by atomic mass is 32.2. The van der Waals surface area contributed by atoms with Crippen LogP contribution in [0.4, 0.5) is 5.82 Å². The van der Waals surface area contributed by atoms with Crippen molar-refractivity contribution >= 4 is 17.6 Å². The number of hydrogen-bond donors (Lipinski definition) is 1. The maximum Gasteiger partial charge on any atom is 0.131 e. The number of aromatic nitrogens is 1. The lowest BCUT2D eigenvalue weighted by Crippen LogP contribution is -2.37. The van der Waals surface area contributed by atoms with E-state index in [9.17, 15) is 0 Å². The molecule has 17 heavy (non-hydrogen) atoms. The molecule has 0 aromatic carbocycles. The summed E-state index contributed by atoms with van der Waals surface area (Å²) in [7, 11) is 0. The van der Waals surface area contributed by atoms with E-state index in [1.165, 1.54) is 16.9 Å². The average molecular weight is 251 g/mol. The number of nitrogens with two attached hydrogens (primary N) is 1. The van der Waals surface area contributed by atoms with Crippen molar-refractivity contribution in [3.8, 4) is 0 Å². The highest BCUT2D eigenvalue weighted by molar-refractivity contribution is 8.00. The Morgan fingerprint density at radius 2 is 2.41 bits per heavy atom. The van der Waals surface area contributed by atoms with Crippen LogP contribution < -0.4 is 10.6 Å². The predicted octanol–water partition coefficient (Wildman–Crippen LogP) is 1.83. The van der Waals surface area contributed by atoms with E-state index < -0.39 is 0 Å². The van der Waals surface area contributed by atoms with Crippen LogP contribution in [0.5, 0.6) is 0 Å². The lowest BCUT2D eigenvalue weighted by Gasteiger charge is -2.32. The van der Waals surface area contributed by atoms with Crippen molar-refractivity contribution < 1.29 is 0 Å². The first-order valence-electron chi connectivity index (χ1n) is 6.23. The van der Waals surface area contributed by atoms with Crippen molar-refractivity contribution in [2.75, 3.05) is 30.3 Å². The van der Waals surface area contributed by atoms with Gasteiger partial charge in [-0.15, -0.1) is 0 Å². The average Bonchev–Trinajstić information content (AvgIpc) is 2.29. The first kappa shape index (κ1) is 12.7. The third-order valence-corrected chi connectivity index (χ3v) is 4.22. The molecule has 0 aliphatic carbocycles. The zero-order valence-electron chi connectivity index (χ0n) is 10.6. The molecule has 0 bridgehead atoms. The molecule has 1 saturated heterocycles. The first-order chi connectivity index (χ1) is 8.20. The fourth-order valence-corrected chi connectivity index (χ4v) is 3.28.